The second kappa shape index (κ2) is 15.2. The molecule has 2 aromatic carbocycles. The fourth-order valence-corrected chi connectivity index (χ4v) is 2.75. The van der Waals surface area contributed by atoms with Crippen LogP contribution in [0.25, 0.3) is 0 Å². The molecule has 184 valence electrons. The summed E-state index contributed by atoms with van der Waals surface area (Å²) < 4.78 is 10.0. The van der Waals surface area contributed by atoms with Gasteiger partial charge in [0.15, 0.2) is 0 Å². The van der Waals surface area contributed by atoms with E-state index >= 15 is 0 Å². The second-order valence-corrected chi connectivity index (χ2v) is 7.86. The molecule has 0 unspecified atom stereocenters. The van der Waals surface area contributed by atoms with Crippen LogP contribution in [0.5, 0.6) is 0 Å². The van der Waals surface area contributed by atoms with Gasteiger partial charge in [-0.3, -0.25) is 0 Å². The quantitative estimate of drug-likeness (QED) is 0.332. The summed E-state index contributed by atoms with van der Waals surface area (Å²) in [5, 5.41) is 17.8. The summed E-state index contributed by atoms with van der Waals surface area (Å²) in [6, 6.07) is 12.1. The van der Waals surface area contributed by atoms with Crippen LogP contribution >= 0.6 is 0 Å². The molecule has 8 heteroatoms. The van der Waals surface area contributed by atoms with Crippen molar-refractivity contribution in [1.29, 1.82) is 0 Å². The number of aromatic carboxylic acids is 2. The van der Waals surface area contributed by atoms with Gasteiger partial charge in [-0.2, -0.15) is 0 Å². The molecule has 0 aromatic heterocycles. The summed E-state index contributed by atoms with van der Waals surface area (Å²) in [6.07, 6.45) is 3.61. The number of rotatable bonds is 11. The minimum Gasteiger partial charge on any atom is -0.478 e. The molecule has 2 aromatic rings. The third-order valence-corrected chi connectivity index (χ3v) is 4.66. The average Bonchev–Trinajstić information content (AvgIpc) is 2.81. The van der Waals surface area contributed by atoms with Crippen molar-refractivity contribution in [3.05, 3.63) is 70.8 Å². The highest BCUT2D eigenvalue weighted by Gasteiger charge is 2.17. The smallest absolute Gasteiger partial charge is 0.339 e. The number of carboxylic acid groups (broad SMARTS) is 2. The Morgan fingerprint density at radius 3 is 1.50 bits per heavy atom. The zero-order valence-electron chi connectivity index (χ0n) is 19.8. The van der Waals surface area contributed by atoms with Gasteiger partial charge >= 0.3 is 23.9 Å². The molecule has 0 aliphatic rings. The largest absolute Gasteiger partial charge is 0.478 e. The van der Waals surface area contributed by atoms with E-state index in [1.54, 1.807) is 24.3 Å². The first-order chi connectivity index (χ1) is 16.2. The van der Waals surface area contributed by atoms with Crippen LogP contribution in [0.3, 0.4) is 0 Å². The number of hydrogen-bond acceptors (Lipinski definition) is 6. The van der Waals surface area contributed by atoms with Crippen LogP contribution in [0, 0.1) is 5.92 Å². The van der Waals surface area contributed by atoms with Gasteiger partial charge in [0.25, 0.3) is 0 Å². The summed E-state index contributed by atoms with van der Waals surface area (Å²) in [7, 11) is 0. The van der Waals surface area contributed by atoms with E-state index in [1.807, 2.05) is 13.8 Å². The summed E-state index contributed by atoms with van der Waals surface area (Å²) in [4.78, 5) is 45.1. The Morgan fingerprint density at radius 1 is 0.706 bits per heavy atom. The standard InChI is InChI=1S/2C13H16O4/c1-9(2)7-8-17-13(16)11-6-4-3-5-10(11)12(14)15;1-2-3-6-9-17-13(16)11-8-5-4-7-10(11)12(14)15/h3-6,9H,7-8H2,1-2H3,(H,14,15);4-5,7-8H,2-3,6,9H2,1H3,(H,14,15). The maximum Gasteiger partial charge on any atom is 0.339 e. The molecule has 0 radical (unpaired) electrons. The fourth-order valence-electron chi connectivity index (χ4n) is 2.75. The molecule has 2 rings (SSSR count). The number of ether oxygens (including phenoxy) is 2. The van der Waals surface area contributed by atoms with Crippen molar-refractivity contribution in [2.45, 2.75) is 46.5 Å². The molecule has 0 bridgehead atoms. The van der Waals surface area contributed by atoms with E-state index in [-0.39, 0.29) is 22.3 Å². The first kappa shape index (κ1) is 28.4. The Morgan fingerprint density at radius 2 is 1.12 bits per heavy atom. The zero-order valence-corrected chi connectivity index (χ0v) is 19.8. The highest BCUT2D eigenvalue weighted by Crippen LogP contribution is 2.12. The molecule has 0 atom stereocenters. The highest BCUT2D eigenvalue weighted by molar-refractivity contribution is 6.03. The Hall–Kier alpha value is -3.68. The van der Waals surface area contributed by atoms with Crippen LogP contribution < -0.4 is 0 Å². The first-order valence-corrected chi connectivity index (χ1v) is 11.2. The van der Waals surface area contributed by atoms with E-state index in [0.29, 0.717) is 19.1 Å². The number of carbonyl (C=O) groups is 4. The Balaban J connectivity index is 0.000000340. The lowest BCUT2D eigenvalue weighted by Crippen LogP contribution is -2.12. The maximum absolute atomic E-state index is 11.7. The number of hydrogen-bond donors (Lipinski definition) is 2. The Labute approximate surface area is 199 Å². The summed E-state index contributed by atoms with van der Waals surface area (Å²) >= 11 is 0. The van der Waals surface area contributed by atoms with Crippen molar-refractivity contribution in [3.63, 3.8) is 0 Å². The van der Waals surface area contributed by atoms with Crippen LogP contribution in [0.4, 0.5) is 0 Å². The predicted octanol–water partition coefficient (Wildman–Crippen LogP) is 5.32. The van der Waals surface area contributed by atoms with Gasteiger partial charge in [0, 0.05) is 0 Å². The van der Waals surface area contributed by atoms with Gasteiger partial charge in [0.1, 0.15) is 0 Å². The average molecular weight is 473 g/mol. The van der Waals surface area contributed by atoms with Crippen molar-refractivity contribution in [2.24, 2.45) is 5.92 Å². The number of carbonyl (C=O) groups excluding carboxylic acids is 2. The van der Waals surface area contributed by atoms with Crippen molar-refractivity contribution < 1.29 is 38.9 Å². The monoisotopic (exact) mass is 472 g/mol. The van der Waals surface area contributed by atoms with E-state index in [4.69, 9.17) is 19.7 Å². The van der Waals surface area contributed by atoms with Crippen LogP contribution in [-0.2, 0) is 9.47 Å². The van der Waals surface area contributed by atoms with Gasteiger partial charge in [0.05, 0.1) is 35.5 Å². The van der Waals surface area contributed by atoms with Crippen LogP contribution in [-0.4, -0.2) is 47.3 Å². The van der Waals surface area contributed by atoms with Crippen LogP contribution in [0.1, 0.15) is 87.9 Å². The Bertz CT molecular complexity index is 965. The van der Waals surface area contributed by atoms with E-state index < -0.39 is 23.9 Å². The molecule has 0 heterocycles. The second-order valence-electron chi connectivity index (χ2n) is 7.86. The number of carboxylic acids is 2. The van der Waals surface area contributed by atoms with Gasteiger partial charge in [-0.15, -0.1) is 0 Å². The van der Waals surface area contributed by atoms with E-state index in [2.05, 4.69) is 6.92 Å². The molecule has 0 aliphatic carbocycles. The molecule has 0 fully saturated rings. The molecule has 0 spiro atoms. The fraction of sp³-hybridized carbons (Fsp3) is 0.385. The van der Waals surface area contributed by atoms with Gasteiger partial charge in [0.2, 0.25) is 0 Å². The van der Waals surface area contributed by atoms with Crippen molar-refractivity contribution in [1.82, 2.24) is 0 Å². The summed E-state index contributed by atoms with van der Waals surface area (Å²) in [5.41, 5.74) is 0.162. The van der Waals surface area contributed by atoms with Gasteiger partial charge < -0.3 is 19.7 Å². The van der Waals surface area contributed by atoms with Gasteiger partial charge in [-0.05, 0) is 43.0 Å². The molecule has 0 saturated carbocycles. The normalized spacial score (nSPS) is 10.1. The molecule has 0 amide bonds. The van der Waals surface area contributed by atoms with E-state index in [9.17, 15) is 19.2 Å². The predicted molar refractivity (Wildman–Crippen MR) is 126 cm³/mol. The molecule has 8 nitrogen and oxygen atoms in total. The third kappa shape index (κ3) is 9.85. The molecular weight excluding hydrogens is 440 g/mol. The number of unbranched alkanes of at least 4 members (excludes halogenated alkanes) is 2. The molecule has 34 heavy (non-hydrogen) atoms. The molecule has 0 saturated heterocycles. The van der Waals surface area contributed by atoms with E-state index in [0.717, 1.165) is 25.7 Å². The SMILES string of the molecule is CC(C)CCOC(=O)c1ccccc1C(=O)O.CCCCCOC(=O)c1ccccc1C(=O)O. The lowest BCUT2D eigenvalue weighted by molar-refractivity contribution is 0.0475. The molecule has 0 aliphatic heterocycles. The lowest BCUT2D eigenvalue weighted by Gasteiger charge is -2.08. The van der Waals surface area contributed by atoms with Crippen molar-refractivity contribution in [2.75, 3.05) is 13.2 Å². The highest BCUT2D eigenvalue weighted by atomic mass is 16.5. The summed E-state index contributed by atoms with van der Waals surface area (Å²) in [5.74, 6) is -2.95. The van der Waals surface area contributed by atoms with Gasteiger partial charge in [-0.25, -0.2) is 19.2 Å². The Kier molecular flexibility index (Phi) is 12.7. The first-order valence-electron chi connectivity index (χ1n) is 11.2. The van der Waals surface area contributed by atoms with Gasteiger partial charge in [-0.1, -0.05) is 57.9 Å². The van der Waals surface area contributed by atoms with E-state index in [1.165, 1.54) is 24.3 Å². The van der Waals surface area contributed by atoms with Crippen molar-refractivity contribution >= 4 is 23.9 Å². The van der Waals surface area contributed by atoms with Crippen LogP contribution in [0.2, 0.25) is 0 Å². The number of esters is 2. The minimum atomic E-state index is -1.12. The minimum absolute atomic E-state index is 0.0204. The molecular formula is C26H32O8. The maximum atomic E-state index is 11.7. The molecule has 2 N–H and O–H groups in total. The topological polar surface area (TPSA) is 127 Å². The van der Waals surface area contributed by atoms with Crippen LogP contribution in [0.15, 0.2) is 48.5 Å². The third-order valence-electron chi connectivity index (χ3n) is 4.66. The lowest BCUT2D eigenvalue weighted by atomic mass is 10.1. The zero-order chi connectivity index (χ0) is 25.5. The summed E-state index contributed by atoms with van der Waals surface area (Å²) in [6.45, 7) is 6.75. The van der Waals surface area contributed by atoms with Crippen molar-refractivity contribution in [3.8, 4) is 0 Å². The number of benzene rings is 2.